The Morgan fingerprint density at radius 2 is 2.07 bits per heavy atom. The minimum Gasteiger partial charge on any atom is -0.497 e. The number of aldehydes is 1. The molecule has 4 heteroatoms. The van der Waals surface area contributed by atoms with Gasteiger partial charge in [-0.3, -0.25) is 4.79 Å². The molecule has 0 radical (unpaired) electrons. The molecule has 0 N–H and O–H groups in total. The lowest BCUT2D eigenvalue weighted by Gasteiger charge is -2.01. The quantitative estimate of drug-likeness (QED) is 0.749. The van der Waals surface area contributed by atoms with Gasteiger partial charge in [0, 0.05) is 10.1 Å². The number of rotatable bonds is 3. The van der Waals surface area contributed by atoms with Crippen LogP contribution in [0.3, 0.4) is 0 Å². The molecule has 2 rings (SSSR count). The maximum absolute atomic E-state index is 10.8. The Bertz CT molecular complexity index is 502. The molecule has 0 saturated carbocycles. The Morgan fingerprint density at radius 3 is 2.67 bits per heavy atom. The van der Waals surface area contributed by atoms with Crippen molar-refractivity contribution in [1.29, 1.82) is 0 Å². The molecule has 1 aromatic heterocycles. The Kier molecular flexibility index (Phi) is 2.60. The lowest BCUT2D eigenvalue weighted by molar-refractivity contribution is 0.112. The molecule has 15 heavy (non-hydrogen) atoms. The van der Waals surface area contributed by atoms with E-state index >= 15 is 0 Å². The van der Waals surface area contributed by atoms with Crippen LogP contribution in [0.1, 0.15) is 9.67 Å². The van der Waals surface area contributed by atoms with Crippen LogP contribution < -0.4 is 9.47 Å². The number of carbonyl (C=O) groups excluding carboxylic acids is 1. The molecule has 0 saturated heterocycles. The third-order valence-corrected chi connectivity index (χ3v) is 3.26. The van der Waals surface area contributed by atoms with Gasteiger partial charge in [0.1, 0.15) is 16.4 Å². The highest BCUT2D eigenvalue weighted by molar-refractivity contribution is 7.21. The number of benzene rings is 1. The molecule has 0 spiro atoms. The Balaban J connectivity index is 2.73. The minimum atomic E-state index is 0.612. The van der Waals surface area contributed by atoms with E-state index < -0.39 is 0 Å². The fourth-order valence-corrected chi connectivity index (χ4v) is 2.46. The molecule has 78 valence electrons. The number of thiophene rings is 1. The van der Waals surface area contributed by atoms with Crippen molar-refractivity contribution in [2.75, 3.05) is 14.2 Å². The van der Waals surface area contributed by atoms with Gasteiger partial charge in [0.15, 0.2) is 6.29 Å². The zero-order chi connectivity index (χ0) is 10.8. The van der Waals surface area contributed by atoms with Crippen LogP contribution in [0.4, 0.5) is 0 Å². The predicted octanol–water partition coefficient (Wildman–Crippen LogP) is 2.73. The number of fused-ring (bicyclic) bond motifs is 1. The monoisotopic (exact) mass is 222 g/mol. The fraction of sp³-hybridized carbons (Fsp3) is 0.182. The fourth-order valence-electron chi connectivity index (χ4n) is 1.49. The van der Waals surface area contributed by atoms with Crippen LogP contribution in [0, 0.1) is 0 Å². The lowest BCUT2D eigenvalue weighted by atomic mass is 10.2. The van der Waals surface area contributed by atoms with E-state index in [9.17, 15) is 4.79 Å². The van der Waals surface area contributed by atoms with Gasteiger partial charge in [0.05, 0.1) is 14.2 Å². The first-order chi connectivity index (χ1) is 7.30. The summed E-state index contributed by atoms with van der Waals surface area (Å²) < 4.78 is 11.4. The summed E-state index contributed by atoms with van der Waals surface area (Å²) in [7, 11) is 3.18. The highest BCUT2D eigenvalue weighted by Crippen LogP contribution is 2.38. The van der Waals surface area contributed by atoms with Gasteiger partial charge in [-0.25, -0.2) is 0 Å². The van der Waals surface area contributed by atoms with Crippen molar-refractivity contribution in [3.63, 3.8) is 0 Å². The maximum Gasteiger partial charge on any atom is 0.163 e. The highest BCUT2D eigenvalue weighted by atomic mass is 32.1. The summed E-state index contributed by atoms with van der Waals surface area (Å²) in [4.78, 5) is 11.4. The second kappa shape index (κ2) is 3.90. The maximum atomic E-state index is 10.8. The van der Waals surface area contributed by atoms with Crippen LogP contribution in [0.2, 0.25) is 0 Å². The number of hydrogen-bond acceptors (Lipinski definition) is 4. The molecule has 0 unspecified atom stereocenters. The molecule has 0 bridgehead atoms. The van der Waals surface area contributed by atoms with Crippen molar-refractivity contribution in [1.82, 2.24) is 0 Å². The van der Waals surface area contributed by atoms with Gasteiger partial charge in [0.25, 0.3) is 0 Å². The second-order valence-electron chi connectivity index (χ2n) is 2.98. The average molecular weight is 222 g/mol. The van der Waals surface area contributed by atoms with Crippen LogP contribution in [0.5, 0.6) is 11.5 Å². The number of methoxy groups -OCH3 is 2. The summed E-state index contributed by atoms with van der Waals surface area (Å²) in [6.07, 6.45) is 0.815. The van der Waals surface area contributed by atoms with Crippen molar-refractivity contribution < 1.29 is 14.3 Å². The van der Waals surface area contributed by atoms with Crippen LogP contribution in [-0.4, -0.2) is 20.5 Å². The summed E-state index contributed by atoms with van der Waals surface area (Å²) in [5, 5.41) is 0.920. The van der Waals surface area contributed by atoms with Gasteiger partial charge < -0.3 is 9.47 Å². The molecule has 0 amide bonds. The molecular formula is C11H10O3S. The topological polar surface area (TPSA) is 35.5 Å². The third kappa shape index (κ3) is 1.57. The van der Waals surface area contributed by atoms with Crippen molar-refractivity contribution in [3.05, 3.63) is 23.1 Å². The van der Waals surface area contributed by atoms with Gasteiger partial charge in [-0.2, -0.15) is 0 Å². The smallest absolute Gasteiger partial charge is 0.163 e. The van der Waals surface area contributed by atoms with Crippen LogP contribution in [0.15, 0.2) is 18.2 Å². The molecule has 0 atom stereocenters. The van der Waals surface area contributed by atoms with Crippen molar-refractivity contribution in [2.45, 2.75) is 0 Å². The molecule has 0 aliphatic rings. The Labute approximate surface area is 91.2 Å². The summed E-state index contributed by atoms with van der Waals surface area (Å²) in [6.45, 7) is 0. The van der Waals surface area contributed by atoms with E-state index in [-0.39, 0.29) is 0 Å². The molecule has 1 heterocycles. The molecule has 0 fully saturated rings. The third-order valence-electron chi connectivity index (χ3n) is 2.19. The molecular weight excluding hydrogens is 212 g/mol. The standard InChI is InChI=1S/C11H10O3S/c1-13-7-3-4-9-8(5-7)11(14-2)10(6-12)15-9/h3-6H,1-2H3. The van der Waals surface area contributed by atoms with Crippen molar-refractivity contribution >= 4 is 27.7 Å². The summed E-state index contributed by atoms with van der Waals surface area (Å²) >= 11 is 1.42. The van der Waals surface area contributed by atoms with E-state index in [2.05, 4.69) is 0 Å². The lowest BCUT2D eigenvalue weighted by Crippen LogP contribution is -1.85. The summed E-state index contributed by atoms with van der Waals surface area (Å²) in [6, 6.07) is 5.67. The number of carbonyl (C=O) groups is 1. The first kappa shape index (κ1) is 9.98. The minimum absolute atomic E-state index is 0.612. The zero-order valence-corrected chi connectivity index (χ0v) is 9.26. The molecule has 3 nitrogen and oxygen atoms in total. The van der Waals surface area contributed by atoms with Gasteiger partial charge in [-0.05, 0) is 18.2 Å². The second-order valence-corrected chi connectivity index (χ2v) is 4.06. The number of ether oxygens (including phenoxy) is 2. The first-order valence-electron chi connectivity index (χ1n) is 4.40. The molecule has 1 aromatic carbocycles. The normalized spacial score (nSPS) is 10.3. The van der Waals surface area contributed by atoms with E-state index in [0.717, 1.165) is 22.1 Å². The predicted molar refractivity (Wildman–Crippen MR) is 60.3 cm³/mol. The molecule has 0 aliphatic carbocycles. The van der Waals surface area contributed by atoms with Crippen LogP contribution in [-0.2, 0) is 0 Å². The molecule has 2 aromatic rings. The van der Waals surface area contributed by atoms with E-state index in [4.69, 9.17) is 9.47 Å². The van der Waals surface area contributed by atoms with Crippen LogP contribution in [0.25, 0.3) is 10.1 Å². The summed E-state index contributed by atoms with van der Waals surface area (Å²) in [5.41, 5.74) is 0. The van der Waals surface area contributed by atoms with Crippen molar-refractivity contribution in [2.24, 2.45) is 0 Å². The van der Waals surface area contributed by atoms with E-state index in [1.54, 1.807) is 14.2 Å². The Morgan fingerprint density at radius 1 is 1.27 bits per heavy atom. The number of hydrogen-bond donors (Lipinski definition) is 0. The first-order valence-corrected chi connectivity index (χ1v) is 5.21. The Hall–Kier alpha value is -1.55. The average Bonchev–Trinajstić information content (AvgIpc) is 2.65. The highest BCUT2D eigenvalue weighted by Gasteiger charge is 2.12. The van der Waals surface area contributed by atoms with Crippen LogP contribution >= 0.6 is 11.3 Å². The summed E-state index contributed by atoms with van der Waals surface area (Å²) in [5.74, 6) is 1.39. The SMILES string of the molecule is COc1ccc2sc(C=O)c(OC)c2c1. The molecule has 0 aliphatic heterocycles. The van der Waals surface area contributed by atoms with Gasteiger partial charge >= 0.3 is 0 Å². The van der Waals surface area contributed by atoms with E-state index in [1.165, 1.54) is 11.3 Å². The van der Waals surface area contributed by atoms with Gasteiger partial charge in [-0.1, -0.05) is 0 Å². The van der Waals surface area contributed by atoms with Gasteiger partial charge in [0.2, 0.25) is 0 Å². The zero-order valence-electron chi connectivity index (χ0n) is 8.44. The van der Waals surface area contributed by atoms with E-state index in [0.29, 0.717) is 10.6 Å². The van der Waals surface area contributed by atoms with Gasteiger partial charge in [-0.15, -0.1) is 11.3 Å². The van der Waals surface area contributed by atoms with E-state index in [1.807, 2.05) is 18.2 Å². The van der Waals surface area contributed by atoms with Crippen molar-refractivity contribution in [3.8, 4) is 11.5 Å². The largest absolute Gasteiger partial charge is 0.497 e.